The average Bonchev–Trinajstić information content (AvgIpc) is 1.91. The highest BCUT2D eigenvalue weighted by atomic mass is 35.6. The highest BCUT2D eigenvalue weighted by Gasteiger charge is 2.21. The second-order valence-corrected chi connectivity index (χ2v) is 4.90. The number of benzene rings is 1. The van der Waals surface area contributed by atoms with Gasteiger partial charge in [0.15, 0.2) is 3.79 Å². The molecule has 0 N–H and O–H groups in total. The van der Waals surface area contributed by atoms with Crippen LogP contribution in [0.25, 0.3) is 0 Å². The molecule has 0 saturated carbocycles. The first-order valence-corrected chi connectivity index (χ1v) is 4.42. The van der Waals surface area contributed by atoms with E-state index >= 15 is 0 Å². The van der Waals surface area contributed by atoms with Crippen LogP contribution in [0.2, 0.25) is 0 Å². The minimum atomic E-state index is -1.43. The number of alkyl halides is 3. The van der Waals surface area contributed by atoms with Crippen LogP contribution in [0.4, 0.5) is 4.39 Å². The monoisotopic (exact) mass is 226 g/mol. The van der Waals surface area contributed by atoms with E-state index in [1.165, 1.54) is 6.07 Å². The second kappa shape index (κ2) is 3.82. The van der Waals surface area contributed by atoms with Crippen LogP contribution in [0.3, 0.4) is 0 Å². The van der Waals surface area contributed by atoms with Gasteiger partial charge in [-0.3, -0.25) is 0 Å². The average molecular weight is 227 g/mol. The van der Waals surface area contributed by atoms with Crippen molar-refractivity contribution in [1.82, 2.24) is 0 Å². The van der Waals surface area contributed by atoms with E-state index in [1.807, 2.05) is 0 Å². The maximum Gasteiger partial charge on any atom is 0.194 e. The summed E-state index contributed by atoms with van der Waals surface area (Å²) in [5, 5.41) is 0. The minimum Gasteiger partial charge on any atom is -0.207 e. The molecule has 0 aliphatic heterocycles. The van der Waals surface area contributed by atoms with Crippen molar-refractivity contribution in [3.8, 4) is 0 Å². The second-order valence-electron chi connectivity index (χ2n) is 2.38. The third kappa shape index (κ3) is 3.18. The van der Waals surface area contributed by atoms with Crippen molar-refractivity contribution in [2.24, 2.45) is 0 Å². The molecule has 0 atom stereocenters. The van der Waals surface area contributed by atoms with Crippen LogP contribution in [0.1, 0.15) is 5.56 Å². The van der Waals surface area contributed by atoms with Crippen LogP contribution < -0.4 is 0 Å². The van der Waals surface area contributed by atoms with Gasteiger partial charge in [-0.1, -0.05) is 53.0 Å². The van der Waals surface area contributed by atoms with Gasteiger partial charge in [0, 0.05) is 6.42 Å². The Morgan fingerprint density at radius 3 is 2.25 bits per heavy atom. The smallest absolute Gasteiger partial charge is 0.194 e. The molecule has 0 aliphatic carbocycles. The molecule has 0 nitrogen and oxygen atoms in total. The van der Waals surface area contributed by atoms with Crippen molar-refractivity contribution in [3.05, 3.63) is 35.6 Å². The quantitative estimate of drug-likeness (QED) is 0.641. The molecule has 0 unspecified atom stereocenters. The van der Waals surface area contributed by atoms with Crippen molar-refractivity contribution >= 4 is 34.8 Å². The summed E-state index contributed by atoms with van der Waals surface area (Å²) < 4.78 is 11.5. The lowest BCUT2D eigenvalue weighted by Gasteiger charge is -2.10. The first-order chi connectivity index (χ1) is 5.49. The summed E-state index contributed by atoms with van der Waals surface area (Å²) in [7, 11) is 0. The molecule has 0 heterocycles. The van der Waals surface area contributed by atoms with Crippen LogP contribution in [0.5, 0.6) is 0 Å². The van der Waals surface area contributed by atoms with Crippen LogP contribution in [0.15, 0.2) is 24.3 Å². The van der Waals surface area contributed by atoms with Crippen molar-refractivity contribution in [3.63, 3.8) is 0 Å². The van der Waals surface area contributed by atoms with E-state index in [2.05, 4.69) is 0 Å². The van der Waals surface area contributed by atoms with E-state index in [4.69, 9.17) is 34.8 Å². The number of hydrogen-bond acceptors (Lipinski definition) is 0. The maximum absolute atomic E-state index is 12.9. The van der Waals surface area contributed by atoms with E-state index in [0.29, 0.717) is 5.56 Å². The molecular formula is C8H6Cl3F. The van der Waals surface area contributed by atoms with Gasteiger partial charge in [0.2, 0.25) is 0 Å². The highest BCUT2D eigenvalue weighted by Crippen LogP contribution is 2.30. The molecule has 1 rings (SSSR count). The summed E-state index contributed by atoms with van der Waals surface area (Å²) >= 11 is 16.5. The number of halogens is 4. The third-order valence-electron chi connectivity index (χ3n) is 1.35. The fourth-order valence-corrected chi connectivity index (χ4v) is 1.29. The van der Waals surface area contributed by atoms with Crippen molar-refractivity contribution in [1.29, 1.82) is 0 Å². The van der Waals surface area contributed by atoms with Crippen molar-refractivity contribution < 1.29 is 4.39 Å². The van der Waals surface area contributed by atoms with Gasteiger partial charge in [-0.05, 0) is 11.6 Å². The summed E-state index contributed by atoms with van der Waals surface area (Å²) in [5.41, 5.74) is 0.414. The molecule has 0 amide bonds. The molecule has 0 aromatic heterocycles. The molecule has 0 spiro atoms. The van der Waals surface area contributed by atoms with Crippen LogP contribution >= 0.6 is 34.8 Å². The highest BCUT2D eigenvalue weighted by molar-refractivity contribution is 6.67. The third-order valence-corrected chi connectivity index (χ3v) is 1.75. The van der Waals surface area contributed by atoms with E-state index in [9.17, 15) is 4.39 Å². The first-order valence-electron chi connectivity index (χ1n) is 3.29. The Balaban J connectivity index is 2.83. The molecule has 1 aromatic carbocycles. The molecule has 0 bridgehead atoms. The lowest BCUT2D eigenvalue weighted by atomic mass is 10.1. The normalized spacial score (nSPS) is 11.7. The topological polar surface area (TPSA) is 0 Å². The molecule has 0 fully saturated rings. The molecule has 66 valence electrons. The molecule has 1 aromatic rings. The van der Waals surface area contributed by atoms with Gasteiger partial charge in [0.25, 0.3) is 0 Å². The standard InChI is InChI=1S/C8H6Cl3F/c9-8(10,11)5-6-3-1-2-4-7(6)12/h1-4H,5H2. The Labute approximate surface area is 85.2 Å². The predicted molar refractivity (Wildman–Crippen MR) is 50.4 cm³/mol. The summed E-state index contributed by atoms with van der Waals surface area (Å²) in [6, 6.07) is 6.23. The molecular weight excluding hydrogens is 221 g/mol. The first kappa shape index (κ1) is 10.1. The van der Waals surface area contributed by atoms with Gasteiger partial charge in [-0.15, -0.1) is 0 Å². The summed E-state index contributed by atoms with van der Waals surface area (Å²) in [6.07, 6.45) is 0.0876. The van der Waals surface area contributed by atoms with Crippen LogP contribution in [0, 0.1) is 5.82 Å². The summed E-state index contributed by atoms with van der Waals surface area (Å²) in [4.78, 5) is 0. The Morgan fingerprint density at radius 2 is 1.75 bits per heavy atom. The molecule has 0 saturated heterocycles. The van der Waals surface area contributed by atoms with Gasteiger partial charge < -0.3 is 0 Å². The van der Waals surface area contributed by atoms with Gasteiger partial charge in [-0.25, -0.2) is 4.39 Å². The fourth-order valence-electron chi connectivity index (χ4n) is 0.858. The SMILES string of the molecule is Fc1ccccc1CC(Cl)(Cl)Cl. The summed E-state index contributed by atoms with van der Waals surface area (Å²) in [5.74, 6) is -0.344. The lowest BCUT2D eigenvalue weighted by Crippen LogP contribution is -2.08. The van der Waals surface area contributed by atoms with Gasteiger partial charge >= 0.3 is 0 Å². The van der Waals surface area contributed by atoms with E-state index in [-0.39, 0.29) is 12.2 Å². The van der Waals surface area contributed by atoms with Gasteiger partial charge in [-0.2, -0.15) is 0 Å². The predicted octanol–water partition coefficient (Wildman–Crippen LogP) is 3.74. The van der Waals surface area contributed by atoms with Crippen molar-refractivity contribution in [2.45, 2.75) is 10.2 Å². The number of hydrogen-bond donors (Lipinski definition) is 0. The van der Waals surface area contributed by atoms with Gasteiger partial charge in [0.05, 0.1) is 0 Å². The van der Waals surface area contributed by atoms with Gasteiger partial charge in [0.1, 0.15) is 5.82 Å². The zero-order chi connectivity index (χ0) is 9.19. The molecule has 0 radical (unpaired) electrons. The number of rotatable bonds is 1. The minimum absolute atomic E-state index is 0.0876. The Morgan fingerprint density at radius 1 is 1.17 bits per heavy atom. The van der Waals surface area contributed by atoms with E-state index in [0.717, 1.165) is 0 Å². The molecule has 0 aliphatic rings. The van der Waals surface area contributed by atoms with Crippen molar-refractivity contribution in [2.75, 3.05) is 0 Å². The maximum atomic E-state index is 12.9. The Bertz CT molecular complexity index is 267. The summed E-state index contributed by atoms with van der Waals surface area (Å²) in [6.45, 7) is 0. The zero-order valence-electron chi connectivity index (χ0n) is 6.03. The molecule has 4 heteroatoms. The van der Waals surface area contributed by atoms with Crippen LogP contribution in [-0.2, 0) is 6.42 Å². The van der Waals surface area contributed by atoms with E-state index in [1.54, 1.807) is 18.2 Å². The fraction of sp³-hybridized carbons (Fsp3) is 0.250. The zero-order valence-corrected chi connectivity index (χ0v) is 8.30. The largest absolute Gasteiger partial charge is 0.207 e. The van der Waals surface area contributed by atoms with E-state index < -0.39 is 3.79 Å². The molecule has 12 heavy (non-hydrogen) atoms. The Kier molecular flexibility index (Phi) is 3.22. The lowest BCUT2D eigenvalue weighted by molar-refractivity contribution is 0.609. The Hall–Kier alpha value is 0.0200. The van der Waals surface area contributed by atoms with Crippen LogP contribution in [-0.4, -0.2) is 3.79 Å².